The average Bonchev–Trinajstić information content (AvgIpc) is 2.04. The minimum Gasteiger partial charge on any atom is -0.508 e. The standard InChI is InChI=1S/C6H8BNO4/c1-11-5-2-3-8-4-6(5)12-7(9)10/h2-4,9-10H,1H3. The summed E-state index contributed by atoms with van der Waals surface area (Å²) < 4.78 is 9.42. The van der Waals surface area contributed by atoms with Gasteiger partial charge in [0.05, 0.1) is 13.3 Å². The van der Waals surface area contributed by atoms with Crippen LogP contribution in [-0.4, -0.2) is 29.5 Å². The van der Waals surface area contributed by atoms with Crippen LogP contribution in [0, 0.1) is 0 Å². The number of pyridine rings is 1. The summed E-state index contributed by atoms with van der Waals surface area (Å²) in [7, 11) is -0.408. The third-order valence-corrected chi connectivity index (χ3v) is 1.20. The minimum absolute atomic E-state index is 0.190. The van der Waals surface area contributed by atoms with E-state index in [1.54, 1.807) is 6.07 Å². The number of hydrogen-bond acceptors (Lipinski definition) is 5. The molecule has 0 aliphatic rings. The number of rotatable bonds is 3. The van der Waals surface area contributed by atoms with Gasteiger partial charge in [-0.05, 0) is 0 Å². The van der Waals surface area contributed by atoms with E-state index in [1.807, 2.05) is 0 Å². The van der Waals surface area contributed by atoms with Crippen LogP contribution in [0.5, 0.6) is 11.5 Å². The van der Waals surface area contributed by atoms with Crippen molar-refractivity contribution in [3.05, 3.63) is 18.5 Å². The molecule has 1 aromatic heterocycles. The topological polar surface area (TPSA) is 71.8 Å². The Morgan fingerprint density at radius 3 is 2.75 bits per heavy atom. The van der Waals surface area contributed by atoms with Gasteiger partial charge in [0.25, 0.3) is 0 Å². The largest absolute Gasteiger partial charge is 0.707 e. The summed E-state index contributed by atoms with van der Waals surface area (Å²) in [4.78, 5) is 3.72. The molecule has 0 amide bonds. The van der Waals surface area contributed by atoms with Crippen LogP contribution < -0.4 is 9.39 Å². The van der Waals surface area contributed by atoms with E-state index in [1.165, 1.54) is 19.5 Å². The third-order valence-electron chi connectivity index (χ3n) is 1.20. The number of aromatic nitrogens is 1. The van der Waals surface area contributed by atoms with E-state index in [0.717, 1.165) is 0 Å². The Balaban J connectivity index is 2.82. The van der Waals surface area contributed by atoms with Gasteiger partial charge in [-0.3, -0.25) is 4.98 Å². The molecule has 0 aliphatic carbocycles. The summed E-state index contributed by atoms with van der Waals surface area (Å²) in [6, 6.07) is 1.55. The number of nitrogens with zero attached hydrogens (tertiary/aromatic N) is 1. The van der Waals surface area contributed by atoms with Crippen molar-refractivity contribution in [1.29, 1.82) is 0 Å². The zero-order chi connectivity index (χ0) is 8.97. The van der Waals surface area contributed by atoms with E-state index in [0.29, 0.717) is 5.75 Å². The number of methoxy groups -OCH3 is 1. The molecule has 6 heteroatoms. The van der Waals surface area contributed by atoms with Gasteiger partial charge >= 0.3 is 7.32 Å². The molecule has 0 atom stereocenters. The number of ether oxygens (including phenoxy) is 1. The predicted molar refractivity (Wildman–Crippen MR) is 41.6 cm³/mol. The molecular formula is C6H8BNO4. The normalized spacial score (nSPS) is 9.25. The van der Waals surface area contributed by atoms with Crippen LogP contribution in [0.2, 0.25) is 0 Å². The molecule has 1 aromatic rings. The van der Waals surface area contributed by atoms with Crippen molar-refractivity contribution >= 4 is 7.32 Å². The zero-order valence-electron chi connectivity index (χ0n) is 6.47. The van der Waals surface area contributed by atoms with Gasteiger partial charge in [0, 0.05) is 12.3 Å². The van der Waals surface area contributed by atoms with Gasteiger partial charge in [-0.1, -0.05) is 0 Å². The van der Waals surface area contributed by atoms with E-state index >= 15 is 0 Å². The second kappa shape index (κ2) is 3.94. The van der Waals surface area contributed by atoms with Crippen molar-refractivity contribution in [3.63, 3.8) is 0 Å². The highest BCUT2D eigenvalue weighted by atomic mass is 16.6. The molecule has 1 heterocycles. The van der Waals surface area contributed by atoms with Gasteiger partial charge in [-0.25, -0.2) is 0 Å². The van der Waals surface area contributed by atoms with Crippen LogP contribution in [0.3, 0.4) is 0 Å². The Bertz CT molecular complexity index is 255. The van der Waals surface area contributed by atoms with Crippen molar-refractivity contribution in [1.82, 2.24) is 4.98 Å². The quantitative estimate of drug-likeness (QED) is 0.593. The van der Waals surface area contributed by atoms with Crippen LogP contribution in [0.15, 0.2) is 18.5 Å². The van der Waals surface area contributed by atoms with Gasteiger partial charge in [0.15, 0.2) is 11.5 Å². The highest BCUT2D eigenvalue weighted by Crippen LogP contribution is 2.24. The molecule has 0 bridgehead atoms. The molecule has 64 valence electrons. The smallest absolute Gasteiger partial charge is 0.508 e. The van der Waals surface area contributed by atoms with Gasteiger partial charge in [0.1, 0.15) is 0 Å². The third kappa shape index (κ3) is 2.11. The summed E-state index contributed by atoms with van der Waals surface area (Å²) >= 11 is 0. The second-order valence-electron chi connectivity index (χ2n) is 1.97. The van der Waals surface area contributed by atoms with E-state index in [4.69, 9.17) is 14.8 Å². The fourth-order valence-electron chi connectivity index (χ4n) is 0.738. The maximum atomic E-state index is 8.48. The summed E-state index contributed by atoms with van der Waals surface area (Å²) in [5.74, 6) is 0.591. The summed E-state index contributed by atoms with van der Waals surface area (Å²) in [5, 5.41) is 17.0. The van der Waals surface area contributed by atoms with Gasteiger partial charge in [-0.2, -0.15) is 0 Å². The highest BCUT2D eigenvalue weighted by molar-refractivity contribution is 6.33. The van der Waals surface area contributed by atoms with Crippen molar-refractivity contribution in [2.75, 3.05) is 7.11 Å². The summed E-state index contributed by atoms with van der Waals surface area (Å²) in [6.07, 6.45) is 2.84. The molecule has 1 rings (SSSR count). The average molecular weight is 169 g/mol. The fourth-order valence-corrected chi connectivity index (χ4v) is 0.738. The Morgan fingerprint density at radius 1 is 1.42 bits per heavy atom. The van der Waals surface area contributed by atoms with E-state index < -0.39 is 7.32 Å². The van der Waals surface area contributed by atoms with Gasteiger partial charge < -0.3 is 19.4 Å². The summed E-state index contributed by atoms with van der Waals surface area (Å²) in [5.41, 5.74) is 0. The molecule has 0 aliphatic heterocycles. The Hall–Kier alpha value is -1.27. The SMILES string of the molecule is COc1ccncc1OB(O)O. The lowest BCUT2D eigenvalue weighted by Crippen LogP contribution is -2.20. The first kappa shape index (κ1) is 8.83. The molecule has 12 heavy (non-hydrogen) atoms. The van der Waals surface area contributed by atoms with Crippen molar-refractivity contribution in [2.45, 2.75) is 0 Å². The second-order valence-corrected chi connectivity index (χ2v) is 1.97. The number of hydrogen-bond donors (Lipinski definition) is 2. The minimum atomic E-state index is -1.86. The van der Waals surface area contributed by atoms with E-state index in [-0.39, 0.29) is 5.75 Å². The maximum absolute atomic E-state index is 8.48. The molecule has 0 saturated heterocycles. The molecular weight excluding hydrogens is 161 g/mol. The fraction of sp³-hybridized carbons (Fsp3) is 0.167. The lowest BCUT2D eigenvalue weighted by Gasteiger charge is -2.07. The van der Waals surface area contributed by atoms with Crippen molar-refractivity contribution < 1.29 is 19.4 Å². The lowest BCUT2D eigenvalue weighted by molar-refractivity contribution is 0.279. The first-order valence-electron chi connectivity index (χ1n) is 3.25. The molecule has 0 radical (unpaired) electrons. The summed E-state index contributed by atoms with van der Waals surface area (Å²) in [6.45, 7) is 0. The van der Waals surface area contributed by atoms with Crippen molar-refractivity contribution in [3.8, 4) is 11.5 Å². The molecule has 0 spiro atoms. The zero-order valence-corrected chi connectivity index (χ0v) is 6.47. The Morgan fingerprint density at radius 2 is 2.17 bits per heavy atom. The molecule has 0 fully saturated rings. The molecule has 2 N–H and O–H groups in total. The van der Waals surface area contributed by atoms with Crippen molar-refractivity contribution in [2.24, 2.45) is 0 Å². The Labute approximate surface area is 69.8 Å². The molecule has 0 unspecified atom stereocenters. The van der Waals surface area contributed by atoms with E-state index in [2.05, 4.69) is 9.64 Å². The first-order valence-corrected chi connectivity index (χ1v) is 3.25. The van der Waals surface area contributed by atoms with Crippen LogP contribution in [-0.2, 0) is 0 Å². The van der Waals surface area contributed by atoms with Crippen LogP contribution in [0.25, 0.3) is 0 Å². The van der Waals surface area contributed by atoms with Crippen LogP contribution in [0.1, 0.15) is 0 Å². The monoisotopic (exact) mass is 169 g/mol. The maximum Gasteiger partial charge on any atom is 0.707 e. The Kier molecular flexibility index (Phi) is 2.90. The predicted octanol–water partition coefficient (Wildman–Crippen LogP) is -0.562. The molecule has 0 saturated carbocycles. The molecule has 0 aromatic carbocycles. The highest BCUT2D eigenvalue weighted by Gasteiger charge is 2.14. The first-order chi connectivity index (χ1) is 5.74. The van der Waals surface area contributed by atoms with E-state index in [9.17, 15) is 0 Å². The van der Waals surface area contributed by atoms with Crippen LogP contribution in [0.4, 0.5) is 0 Å². The lowest BCUT2D eigenvalue weighted by atomic mass is 10.2. The van der Waals surface area contributed by atoms with Gasteiger partial charge in [-0.15, -0.1) is 0 Å². The van der Waals surface area contributed by atoms with Crippen LogP contribution >= 0.6 is 0 Å². The van der Waals surface area contributed by atoms with Gasteiger partial charge in [0.2, 0.25) is 0 Å². The molecule has 5 nitrogen and oxygen atoms in total.